The van der Waals surface area contributed by atoms with Crippen molar-refractivity contribution in [2.45, 2.75) is 34.2 Å². The number of carbonyl (C=O) groups excluding carboxylic acids is 1. The normalized spacial score (nSPS) is 10.5. The lowest BCUT2D eigenvalue weighted by Crippen LogP contribution is -2.29. The molecule has 1 aromatic carbocycles. The molecular weight excluding hydrogens is 382 g/mol. The second-order valence-electron chi connectivity index (χ2n) is 6.89. The van der Waals surface area contributed by atoms with Crippen LogP contribution in [0.3, 0.4) is 0 Å². The van der Waals surface area contributed by atoms with Gasteiger partial charge >= 0.3 is 0 Å². The maximum atomic E-state index is 12.3. The van der Waals surface area contributed by atoms with Crippen molar-refractivity contribution in [3.05, 3.63) is 64.0 Å². The van der Waals surface area contributed by atoms with E-state index in [9.17, 15) is 9.59 Å². The van der Waals surface area contributed by atoms with Crippen LogP contribution in [0.1, 0.15) is 23.9 Å². The third-order valence-electron chi connectivity index (χ3n) is 4.46. The number of hydrogen-bond acceptors (Lipinski definition) is 7. The van der Waals surface area contributed by atoms with Gasteiger partial charge in [0.05, 0.1) is 6.33 Å². The number of anilines is 4. The van der Waals surface area contributed by atoms with E-state index in [1.807, 2.05) is 32.0 Å². The number of benzene rings is 1. The molecule has 0 aliphatic rings. The first kappa shape index (κ1) is 21.0. The van der Waals surface area contributed by atoms with Gasteiger partial charge < -0.3 is 16.0 Å². The molecule has 0 spiro atoms. The van der Waals surface area contributed by atoms with Gasteiger partial charge in [-0.05, 0) is 52.0 Å². The molecule has 156 valence electrons. The van der Waals surface area contributed by atoms with Crippen molar-refractivity contribution >= 4 is 29.0 Å². The van der Waals surface area contributed by atoms with E-state index in [1.54, 1.807) is 26.0 Å². The highest BCUT2D eigenvalue weighted by Gasteiger charge is 2.09. The summed E-state index contributed by atoms with van der Waals surface area (Å²) in [6.45, 7) is 8.00. The fraction of sp³-hybridized carbons (Fsp3) is 0.286. The van der Waals surface area contributed by atoms with Crippen LogP contribution in [0.5, 0.6) is 0 Å². The smallest absolute Gasteiger partial charge is 0.256 e. The average Bonchev–Trinajstić information content (AvgIpc) is 2.70. The number of amides is 1. The highest BCUT2D eigenvalue weighted by molar-refractivity contribution is 5.90. The third-order valence-corrected chi connectivity index (χ3v) is 4.46. The Bertz CT molecular complexity index is 1110. The summed E-state index contributed by atoms with van der Waals surface area (Å²) in [7, 11) is 0. The molecule has 1 amide bonds. The largest absolute Gasteiger partial charge is 0.354 e. The molecule has 2 heterocycles. The first-order valence-electron chi connectivity index (χ1n) is 9.65. The Morgan fingerprint density at radius 3 is 2.47 bits per heavy atom. The lowest BCUT2D eigenvalue weighted by molar-refractivity contribution is -0.116. The van der Waals surface area contributed by atoms with E-state index in [4.69, 9.17) is 0 Å². The van der Waals surface area contributed by atoms with Gasteiger partial charge in [-0.2, -0.15) is 4.98 Å². The lowest BCUT2D eigenvalue weighted by atomic mass is 10.2. The van der Waals surface area contributed by atoms with Crippen LogP contribution >= 0.6 is 0 Å². The predicted octanol–water partition coefficient (Wildman–Crippen LogP) is 2.77. The highest BCUT2D eigenvalue weighted by atomic mass is 16.2. The van der Waals surface area contributed by atoms with E-state index >= 15 is 0 Å². The van der Waals surface area contributed by atoms with Crippen molar-refractivity contribution < 1.29 is 4.79 Å². The number of nitrogens with zero attached hydrogens (tertiary/aromatic N) is 4. The van der Waals surface area contributed by atoms with Crippen LogP contribution < -0.4 is 21.5 Å². The van der Waals surface area contributed by atoms with Crippen molar-refractivity contribution in [2.24, 2.45) is 0 Å². The number of nitrogens with one attached hydrogen (secondary N) is 3. The van der Waals surface area contributed by atoms with Crippen LogP contribution in [0.25, 0.3) is 0 Å². The molecule has 30 heavy (non-hydrogen) atoms. The Balaban J connectivity index is 1.64. The molecule has 0 radical (unpaired) electrons. The van der Waals surface area contributed by atoms with Crippen LogP contribution in [0, 0.1) is 20.8 Å². The molecule has 0 saturated heterocycles. The SMILES string of the molecule is CCNc1nc(C)cc(Nc2ccc(NC(=O)Cn3cnc(C)c(C)c3=O)cc2)n1. The van der Waals surface area contributed by atoms with E-state index in [1.165, 1.54) is 10.9 Å². The fourth-order valence-corrected chi connectivity index (χ4v) is 2.80. The maximum absolute atomic E-state index is 12.3. The zero-order valence-electron chi connectivity index (χ0n) is 17.5. The fourth-order valence-electron chi connectivity index (χ4n) is 2.80. The molecule has 0 aliphatic carbocycles. The molecule has 0 atom stereocenters. The molecule has 9 nitrogen and oxygen atoms in total. The average molecular weight is 407 g/mol. The van der Waals surface area contributed by atoms with Gasteiger partial charge in [-0.15, -0.1) is 0 Å². The molecule has 3 rings (SSSR count). The minimum absolute atomic E-state index is 0.0969. The number of aryl methyl sites for hydroxylation is 2. The molecule has 0 unspecified atom stereocenters. The molecule has 0 fully saturated rings. The summed E-state index contributed by atoms with van der Waals surface area (Å²) in [5.41, 5.74) is 3.29. The van der Waals surface area contributed by atoms with Crippen molar-refractivity contribution in [1.82, 2.24) is 19.5 Å². The molecule has 0 bridgehead atoms. The van der Waals surface area contributed by atoms with E-state index in [2.05, 4.69) is 30.9 Å². The summed E-state index contributed by atoms with van der Waals surface area (Å²) in [5.74, 6) is 0.946. The van der Waals surface area contributed by atoms with Gasteiger partial charge in [-0.1, -0.05) is 0 Å². The number of aromatic nitrogens is 4. The van der Waals surface area contributed by atoms with Gasteiger partial charge in [0.15, 0.2) is 0 Å². The maximum Gasteiger partial charge on any atom is 0.256 e. The first-order chi connectivity index (χ1) is 14.4. The van der Waals surface area contributed by atoms with Crippen LogP contribution in [0.4, 0.5) is 23.1 Å². The Morgan fingerprint density at radius 2 is 1.77 bits per heavy atom. The molecule has 0 saturated carbocycles. The van der Waals surface area contributed by atoms with Crippen LogP contribution in [-0.2, 0) is 11.3 Å². The monoisotopic (exact) mass is 407 g/mol. The molecule has 0 aliphatic heterocycles. The summed E-state index contributed by atoms with van der Waals surface area (Å²) in [6, 6.07) is 9.08. The highest BCUT2D eigenvalue weighted by Crippen LogP contribution is 2.19. The van der Waals surface area contributed by atoms with Gasteiger partial charge in [0.1, 0.15) is 12.4 Å². The number of hydrogen-bond donors (Lipinski definition) is 3. The Hall–Kier alpha value is -3.75. The Labute approximate surface area is 174 Å². The van der Waals surface area contributed by atoms with Crippen molar-refractivity contribution in [3.8, 4) is 0 Å². The molecule has 2 aromatic heterocycles. The second-order valence-corrected chi connectivity index (χ2v) is 6.89. The van der Waals surface area contributed by atoms with Crippen LogP contribution in [0.2, 0.25) is 0 Å². The summed E-state index contributed by atoms with van der Waals surface area (Å²) in [6.07, 6.45) is 1.39. The van der Waals surface area contributed by atoms with Gasteiger partial charge in [-0.3, -0.25) is 14.2 Å². The minimum atomic E-state index is -0.301. The third kappa shape index (κ3) is 5.19. The standard InChI is InChI=1S/C21H25N7O2/c1-5-22-21-24-13(2)10-18(27-21)25-16-6-8-17(9-7-16)26-19(29)11-28-12-23-15(4)14(3)20(28)30/h6-10,12H,5,11H2,1-4H3,(H,26,29)(H2,22,24,25,27). The molecule has 3 N–H and O–H groups in total. The van der Waals surface area contributed by atoms with E-state index in [0.29, 0.717) is 28.7 Å². The van der Waals surface area contributed by atoms with E-state index in [-0.39, 0.29) is 18.0 Å². The second kappa shape index (κ2) is 9.17. The summed E-state index contributed by atoms with van der Waals surface area (Å²) in [4.78, 5) is 37.4. The van der Waals surface area contributed by atoms with Gasteiger partial charge in [0.25, 0.3) is 5.56 Å². The minimum Gasteiger partial charge on any atom is -0.354 e. The van der Waals surface area contributed by atoms with Crippen LogP contribution in [0.15, 0.2) is 41.5 Å². The predicted molar refractivity (Wildman–Crippen MR) is 117 cm³/mol. The van der Waals surface area contributed by atoms with Crippen LogP contribution in [-0.4, -0.2) is 32.0 Å². The summed E-state index contributed by atoms with van der Waals surface area (Å²) < 4.78 is 1.30. The van der Waals surface area contributed by atoms with Gasteiger partial charge in [0.2, 0.25) is 11.9 Å². The van der Waals surface area contributed by atoms with E-state index < -0.39 is 0 Å². The quantitative estimate of drug-likeness (QED) is 0.552. The van der Waals surface area contributed by atoms with Crippen molar-refractivity contribution in [2.75, 3.05) is 22.5 Å². The molecule has 9 heteroatoms. The molecule has 3 aromatic rings. The summed E-state index contributed by atoms with van der Waals surface area (Å²) >= 11 is 0. The summed E-state index contributed by atoms with van der Waals surface area (Å²) in [5, 5.41) is 9.11. The molecular formula is C21H25N7O2. The van der Waals surface area contributed by atoms with Gasteiger partial charge in [-0.25, -0.2) is 9.97 Å². The Morgan fingerprint density at radius 1 is 1.07 bits per heavy atom. The zero-order chi connectivity index (χ0) is 21.7. The topological polar surface area (TPSA) is 114 Å². The lowest BCUT2D eigenvalue weighted by Gasteiger charge is -2.11. The van der Waals surface area contributed by atoms with Gasteiger partial charge in [0, 0.05) is 40.9 Å². The number of carbonyl (C=O) groups is 1. The van der Waals surface area contributed by atoms with E-state index in [0.717, 1.165) is 17.9 Å². The zero-order valence-corrected chi connectivity index (χ0v) is 17.5. The van der Waals surface area contributed by atoms with Crippen molar-refractivity contribution in [1.29, 1.82) is 0 Å². The number of rotatable bonds is 7. The Kier molecular flexibility index (Phi) is 6.41. The van der Waals surface area contributed by atoms with Crippen molar-refractivity contribution in [3.63, 3.8) is 0 Å². The first-order valence-corrected chi connectivity index (χ1v) is 9.65.